The van der Waals surface area contributed by atoms with E-state index in [9.17, 15) is 4.79 Å². The number of nitrogens with zero attached hydrogens (tertiary/aromatic N) is 1. The van der Waals surface area contributed by atoms with Crippen LogP contribution < -0.4 is 10.6 Å². The predicted molar refractivity (Wildman–Crippen MR) is 75.9 cm³/mol. The summed E-state index contributed by atoms with van der Waals surface area (Å²) < 4.78 is 0. The molecule has 1 aliphatic rings. The second-order valence-electron chi connectivity index (χ2n) is 5.30. The van der Waals surface area contributed by atoms with Gasteiger partial charge in [0, 0.05) is 18.9 Å². The third kappa shape index (κ3) is 4.31. The molecule has 104 valence electrons. The summed E-state index contributed by atoms with van der Waals surface area (Å²) in [5.41, 5.74) is 0.972. The molecule has 2 heterocycles. The van der Waals surface area contributed by atoms with E-state index in [1.54, 1.807) is 12.4 Å². The van der Waals surface area contributed by atoms with Crippen molar-refractivity contribution in [2.45, 2.75) is 32.1 Å². The number of hydrogen-bond donors (Lipinski definition) is 2. The van der Waals surface area contributed by atoms with Crippen molar-refractivity contribution in [3.63, 3.8) is 0 Å². The predicted octanol–water partition coefficient (Wildman–Crippen LogP) is 1.69. The lowest BCUT2D eigenvalue weighted by Gasteiger charge is -2.23. The van der Waals surface area contributed by atoms with Crippen LogP contribution in [0.4, 0.5) is 0 Å². The van der Waals surface area contributed by atoms with Gasteiger partial charge in [-0.25, -0.2) is 0 Å². The van der Waals surface area contributed by atoms with E-state index in [1.165, 1.54) is 12.8 Å². The van der Waals surface area contributed by atoms with Crippen molar-refractivity contribution in [2.24, 2.45) is 5.92 Å². The molecule has 0 saturated carbocycles. The van der Waals surface area contributed by atoms with Crippen LogP contribution in [-0.4, -0.2) is 30.5 Å². The van der Waals surface area contributed by atoms with E-state index >= 15 is 0 Å². The lowest BCUT2D eigenvalue weighted by Crippen LogP contribution is -2.34. The van der Waals surface area contributed by atoms with E-state index in [1.807, 2.05) is 19.1 Å². The standard InChI is InChI=1S/C15H23N3O/c1-12(14-5-3-8-17-11-14)15(19)18-9-6-13-4-2-7-16-10-13/h3,5,8,11-13,16H,2,4,6-7,9-10H2,1H3,(H,18,19). The molecule has 2 N–H and O–H groups in total. The van der Waals surface area contributed by atoms with Crippen molar-refractivity contribution in [1.82, 2.24) is 15.6 Å². The van der Waals surface area contributed by atoms with Gasteiger partial charge >= 0.3 is 0 Å². The molecule has 2 unspecified atom stereocenters. The van der Waals surface area contributed by atoms with E-state index in [-0.39, 0.29) is 11.8 Å². The first kappa shape index (κ1) is 14.0. The normalized spacial score (nSPS) is 20.8. The summed E-state index contributed by atoms with van der Waals surface area (Å²) in [4.78, 5) is 16.1. The molecule has 1 fully saturated rings. The fraction of sp³-hybridized carbons (Fsp3) is 0.600. The zero-order valence-corrected chi connectivity index (χ0v) is 11.6. The fourth-order valence-corrected chi connectivity index (χ4v) is 2.51. The number of amides is 1. The van der Waals surface area contributed by atoms with Gasteiger partial charge in [0.05, 0.1) is 5.92 Å². The van der Waals surface area contributed by atoms with E-state index in [4.69, 9.17) is 0 Å². The van der Waals surface area contributed by atoms with Crippen LogP contribution in [0.15, 0.2) is 24.5 Å². The van der Waals surface area contributed by atoms with Gasteiger partial charge in [-0.3, -0.25) is 9.78 Å². The molecule has 1 aromatic rings. The van der Waals surface area contributed by atoms with Gasteiger partial charge in [0.25, 0.3) is 0 Å². The number of carbonyl (C=O) groups excluding carboxylic acids is 1. The van der Waals surface area contributed by atoms with Gasteiger partial charge < -0.3 is 10.6 Å². The summed E-state index contributed by atoms with van der Waals surface area (Å²) in [6, 6.07) is 3.81. The summed E-state index contributed by atoms with van der Waals surface area (Å²) in [6.45, 7) is 4.93. The lowest BCUT2D eigenvalue weighted by atomic mass is 9.96. The van der Waals surface area contributed by atoms with Gasteiger partial charge in [-0.1, -0.05) is 6.07 Å². The Morgan fingerprint density at radius 1 is 1.63 bits per heavy atom. The Balaban J connectivity index is 1.72. The SMILES string of the molecule is CC(C(=O)NCCC1CCCNC1)c1cccnc1. The maximum Gasteiger partial charge on any atom is 0.227 e. The highest BCUT2D eigenvalue weighted by Gasteiger charge is 2.16. The highest BCUT2D eigenvalue weighted by molar-refractivity contribution is 5.83. The van der Waals surface area contributed by atoms with Crippen molar-refractivity contribution < 1.29 is 4.79 Å². The molecule has 0 bridgehead atoms. The zero-order valence-electron chi connectivity index (χ0n) is 11.6. The number of piperidine rings is 1. The topological polar surface area (TPSA) is 54.0 Å². The minimum absolute atomic E-state index is 0.0942. The quantitative estimate of drug-likeness (QED) is 0.848. The average Bonchev–Trinajstić information content (AvgIpc) is 2.48. The van der Waals surface area contributed by atoms with Crippen molar-refractivity contribution in [2.75, 3.05) is 19.6 Å². The van der Waals surface area contributed by atoms with Gasteiger partial charge in [-0.15, -0.1) is 0 Å². The molecule has 0 aliphatic carbocycles. The summed E-state index contributed by atoms with van der Waals surface area (Å²) >= 11 is 0. The van der Waals surface area contributed by atoms with Gasteiger partial charge in [0.1, 0.15) is 0 Å². The number of rotatable bonds is 5. The molecule has 0 radical (unpaired) electrons. The largest absolute Gasteiger partial charge is 0.356 e. The molecule has 1 aromatic heterocycles. The van der Waals surface area contributed by atoms with E-state index in [2.05, 4.69) is 15.6 Å². The molecular formula is C15H23N3O. The van der Waals surface area contributed by atoms with Crippen molar-refractivity contribution >= 4 is 5.91 Å². The molecule has 1 amide bonds. The first-order valence-electron chi connectivity index (χ1n) is 7.15. The molecule has 4 nitrogen and oxygen atoms in total. The van der Waals surface area contributed by atoms with Crippen LogP contribution in [-0.2, 0) is 4.79 Å². The van der Waals surface area contributed by atoms with Crippen LogP contribution >= 0.6 is 0 Å². The Kier molecular flexibility index (Phi) is 5.33. The van der Waals surface area contributed by atoms with E-state index in [0.717, 1.165) is 31.6 Å². The van der Waals surface area contributed by atoms with Crippen molar-refractivity contribution in [3.8, 4) is 0 Å². The van der Waals surface area contributed by atoms with Gasteiger partial charge in [0.2, 0.25) is 5.91 Å². The average molecular weight is 261 g/mol. The number of carbonyl (C=O) groups is 1. The first-order valence-corrected chi connectivity index (χ1v) is 7.15. The second kappa shape index (κ2) is 7.24. The molecule has 19 heavy (non-hydrogen) atoms. The Hall–Kier alpha value is -1.42. The summed E-state index contributed by atoms with van der Waals surface area (Å²) in [6.07, 6.45) is 7.09. The van der Waals surface area contributed by atoms with Crippen LogP contribution in [0.3, 0.4) is 0 Å². The highest BCUT2D eigenvalue weighted by atomic mass is 16.1. The van der Waals surface area contributed by atoms with Crippen molar-refractivity contribution in [1.29, 1.82) is 0 Å². The Morgan fingerprint density at radius 3 is 3.21 bits per heavy atom. The Bertz CT molecular complexity index is 388. The van der Waals surface area contributed by atoms with Crippen LogP contribution in [0.2, 0.25) is 0 Å². The molecule has 1 saturated heterocycles. The molecule has 2 rings (SSSR count). The molecule has 4 heteroatoms. The summed E-state index contributed by atoms with van der Waals surface area (Å²) in [7, 11) is 0. The maximum absolute atomic E-state index is 12.0. The lowest BCUT2D eigenvalue weighted by molar-refractivity contribution is -0.122. The molecule has 2 atom stereocenters. The number of aromatic nitrogens is 1. The highest BCUT2D eigenvalue weighted by Crippen LogP contribution is 2.15. The minimum Gasteiger partial charge on any atom is -0.356 e. The van der Waals surface area contributed by atoms with Crippen LogP contribution in [0.5, 0.6) is 0 Å². The Labute approximate surface area is 115 Å². The fourth-order valence-electron chi connectivity index (χ4n) is 2.51. The van der Waals surface area contributed by atoms with Gasteiger partial charge in [-0.2, -0.15) is 0 Å². The van der Waals surface area contributed by atoms with Gasteiger partial charge in [0.15, 0.2) is 0 Å². The smallest absolute Gasteiger partial charge is 0.227 e. The number of nitrogens with one attached hydrogen (secondary N) is 2. The summed E-state index contributed by atoms with van der Waals surface area (Å²) in [5, 5.41) is 6.43. The molecular weight excluding hydrogens is 238 g/mol. The van der Waals surface area contributed by atoms with Crippen LogP contribution in [0, 0.1) is 5.92 Å². The summed E-state index contributed by atoms with van der Waals surface area (Å²) in [5.74, 6) is 0.678. The molecule has 0 aromatic carbocycles. The zero-order chi connectivity index (χ0) is 13.5. The van der Waals surface area contributed by atoms with Crippen LogP contribution in [0.25, 0.3) is 0 Å². The first-order chi connectivity index (χ1) is 9.27. The van der Waals surface area contributed by atoms with Crippen LogP contribution in [0.1, 0.15) is 37.7 Å². The van der Waals surface area contributed by atoms with E-state index < -0.39 is 0 Å². The van der Waals surface area contributed by atoms with Crippen molar-refractivity contribution in [3.05, 3.63) is 30.1 Å². The Morgan fingerprint density at radius 2 is 2.53 bits per heavy atom. The maximum atomic E-state index is 12.0. The third-order valence-corrected chi connectivity index (χ3v) is 3.83. The number of pyridine rings is 1. The second-order valence-corrected chi connectivity index (χ2v) is 5.30. The molecule has 0 spiro atoms. The third-order valence-electron chi connectivity index (χ3n) is 3.83. The van der Waals surface area contributed by atoms with E-state index in [0.29, 0.717) is 5.92 Å². The molecule has 1 aliphatic heterocycles. The van der Waals surface area contributed by atoms with Gasteiger partial charge in [-0.05, 0) is 56.8 Å². The monoisotopic (exact) mass is 261 g/mol. The number of hydrogen-bond acceptors (Lipinski definition) is 3. The minimum atomic E-state index is -0.127.